The third-order valence-electron chi connectivity index (χ3n) is 2.87. The summed E-state index contributed by atoms with van der Waals surface area (Å²) in [6, 6.07) is 16.5. The SMILES string of the molecule is [I-].c1cc[n+](Cc2ccnc3ccccc23)cc1. The Labute approximate surface area is 123 Å². The lowest BCUT2D eigenvalue weighted by Gasteiger charge is -2.02. The molecule has 0 radical (unpaired) electrons. The van der Waals surface area contributed by atoms with Gasteiger partial charge in [0.1, 0.15) is 0 Å². The van der Waals surface area contributed by atoms with E-state index in [0.717, 1.165) is 12.1 Å². The summed E-state index contributed by atoms with van der Waals surface area (Å²) in [7, 11) is 0. The average Bonchev–Trinajstić information content (AvgIpc) is 2.40. The van der Waals surface area contributed by atoms with Gasteiger partial charge in [0, 0.05) is 29.3 Å². The van der Waals surface area contributed by atoms with Gasteiger partial charge in [-0.15, -0.1) is 0 Å². The summed E-state index contributed by atoms with van der Waals surface area (Å²) in [5.41, 5.74) is 2.35. The second-order valence-electron chi connectivity index (χ2n) is 4.04. The van der Waals surface area contributed by atoms with Crippen LogP contribution in [0.3, 0.4) is 0 Å². The van der Waals surface area contributed by atoms with Crippen LogP contribution in [0.15, 0.2) is 67.1 Å². The van der Waals surface area contributed by atoms with Crippen LogP contribution in [0, 0.1) is 0 Å². The molecule has 0 bridgehead atoms. The summed E-state index contributed by atoms with van der Waals surface area (Å²) in [4.78, 5) is 4.37. The van der Waals surface area contributed by atoms with Crippen LogP contribution in [0.5, 0.6) is 0 Å². The van der Waals surface area contributed by atoms with Gasteiger partial charge < -0.3 is 24.0 Å². The highest BCUT2D eigenvalue weighted by Crippen LogP contribution is 2.15. The number of aromatic nitrogens is 2. The number of halogens is 1. The van der Waals surface area contributed by atoms with Crippen LogP contribution in [-0.2, 0) is 6.54 Å². The highest BCUT2D eigenvalue weighted by atomic mass is 127. The molecule has 0 atom stereocenters. The van der Waals surface area contributed by atoms with Crippen LogP contribution in [0.4, 0.5) is 0 Å². The van der Waals surface area contributed by atoms with Crippen LogP contribution in [0.1, 0.15) is 5.56 Å². The number of rotatable bonds is 2. The van der Waals surface area contributed by atoms with E-state index in [4.69, 9.17) is 0 Å². The molecule has 18 heavy (non-hydrogen) atoms. The fourth-order valence-corrected chi connectivity index (χ4v) is 2.03. The molecule has 2 heterocycles. The molecule has 0 spiro atoms. The van der Waals surface area contributed by atoms with Crippen molar-refractivity contribution in [3.63, 3.8) is 0 Å². The molecule has 0 aliphatic carbocycles. The molecule has 2 aromatic heterocycles. The maximum absolute atomic E-state index is 4.37. The molecule has 0 fully saturated rings. The van der Waals surface area contributed by atoms with E-state index in [2.05, 4.69) is 46.2 Å². The Hall–Kier alpha value is -1.49. The van der Waals surface area contributed by atoms with E-state index >= 15 is 0 Å². The van der Waals surface area contributed by atoms with E-state index < -0.39 is 0 Å². The van der Waals surface area contributed by atoms with Gasteiger partial charge in [0.25, 0.3) is 0 Å². The van der Waals surface area contributed by atoms with Crippen molar-refractivity contribution in [3.05, 3.63) is 72.7 Å². The molecule has 0 aliphatic rings. The molecule has 0 N–H and O–H groups in total. The van der Waals surface area contributed by atoms with Crippen molar-refractivity contribution in [1.82, 2.24) is 4.98 Å². The summed E-state index contributed by atoms with van der Waals surface area (Å²) in [6.07, 6.45) is 6.03. The van der Waals surface area contributed by atoms with Crippen molar-refractivity contribution >= 4 is 10.9 Å². The molecule has 0 saturated heterocycles. The maximum atomic E-state index is 4.37. The lowest BCUT2D eigenvalue weighted by atomic mass is 10.1. The van der Waals surface area contributed by atoms with Crippen molar-refractivity contribution < 1.29 is 28.5 Å². The van der Waals surface area contributed by atoms with Gasteiger partial charge in [-0.25, -0.2) is 4.57 Å². The molecule has 3 rings (SSSR count). The second kappa shape index (κ2) is 5.91. The fraction of sp³-hybridized carbons (Fsp3) is 0.0667. The average molecular weight is 348 g/mol. The molecule has 0 amide bonds. The molecular weight excluding hydrogens is 335 g/mol. The quantitative estimate of drug-likeness (QED) is 0.454. The number of pyridine rings is 2. The number of fused-ring (bicyclic) bond motifs is 1. The van der Waals surface area contributed by atoms with Crippen LogP contribution >= 0.6 is 0 Å². The molecule has 0 aliphatic heterocycles. The standard InChI is InChI=1S/C15H13N2.HI/c1-4-10-17(11-5-1)12-13-8-9-16-15-7-3-2-6-14(13)15;/h1-11H,12H2;1H/q+1;/p-1. The summed E-state index contributed by atoms with van der Waals surface area (Å²) in [5.74, 6) is 0. The third kappa shape index (κ3) is 2.67. The lowest BCUT2D eigenvalue weighted by Crippen LogP contribution is -3.00. The lowest BCUT2D eigenvalue weighted by molar-refractivity contribution is -0.688. The smallest absolute Gasteiger partial charge is 0.174 e. The maximum Gasteiger partial charge on any atom is 0.174 e. The first kappa shape index (κ1) is 13.0. The molecule has 90 valence electrons. The number of benzene rings is 1. The van der Waals surface area contributed by atoms with Gasteiger partial charge in [0.2, 0.25) is 0 Å². The number of hydrogen-bond acceptors (Lipinski definition) is 1. The number of nitrogens with zero attached hydrogens (tertiary/aromatic N) is 2. The topological polar surface area (TPSA) is 16.8 Å². The first-order valence-electron chi connectivity index (χ1n) is 5.70. The molecule has 3 heteroatoms. The number of para-hydroxylation sites is 1. The highest BCUT2D eigenvalue weighted by molar-refractivity contribution is 5.81. The van der Waals surface area contributed by atoms with E-state index in [0.29, 0.717) is 0 Å². The van der Waals surface area contributed by atoms with Gasteiger partial charge in [0.05, 0.1) is 5.52 Å². The minimum Gasteiger partial charge on any atom is -1.00 e. The predicted molar refractivity (Wildman–Crippen MR) is 67.5 cm³/mol. The largest absolute Gasteiger partial charge is 1.00 e. The normalized spacial score (nSPS) is 10.0. The monoisotopic (exact) mass is 348 g/mol. The summed E-state index contributed by atoms with van der Waals surface area (Å²) >= 11 is 0. The van der Waals surface area contributed by atoms with Crippen molar-refractivity contribution in [2.45, 2.75) is 6.54 Å². The molecule has 0 saturated carbocycles. The first-order chi connectivity index (χ1) is 8.43. The van der Waals surface area contributed by atoms with E-state index in [1.165, 1.54) is 10.9 Å². The zero-order valence-electron chi connectivity index (χ0n) is 9.83. The predicted octanol–water partition coefficient (Wildman–Crippen LogP) is -0.425. The Balaban J connectivity index is 0.00000120. The van der Waals surface area contributed by atoms with Crippen LogP contribution in [-0.4, -0.2) is 4.98 Å². The van der Waals surface area contributed by atoms with Crippen LogP contribution in [0.2, 0.25) is 0 Å². The minimum absolute atomic E-state index is 0. The van der Waals surface area contributed by atoms with E-state index in [-0.39, 0.29) is 24.0 Å². The van der Waals surface area contributed by atoms with E-state index in [9.17, 15) is 0 Å². The van der Waals surface area contributed by atoms with Gasteiger partial charge in [-0.1, -0.05) is 24.3 Å². The Kier molecular flexibility index (Phi) is 4.25. The summed E-state index contributed by atoms with van der Waals surface area (Å²) in [6.45, 7) is 0.879. The fourth-order valence-electron chi connectivity index (χ4n) is 2.03. The summed E-state index contributed by atoms with van der Waals surface area (Å²) < 4.78 is 2.17. The van der Waals surface area contributed by atoms with Crippen molar-refractivity contribution in [1.29, 1.82) is 0 Å². The molecular formula is C15H13IN2. The van der Waals surface area contributed by atoms with Crippen molar-refractivity contribution in [2.75, 3.05) is 0 Å². The van der Waals surface area contributed by atoms with E-state index in [1.54, 1.807) is 0 Å². The Bertz CT molecular complexity index is 633. The zero-order valence-corrected chi connectivity index (χ0v) is 12.0. The molecule has 0 unspecified atom stereocenters. The Morgan fingerprint density at radius 3 is 2.50 bits per heavy atom. The highest BCUT2D eigenvalue weighted by Gasteiger charge is 2.05. The minimum atomic E-state index is 0. The van der Waals surface area contributed by atoms with Gasteiger partial charge in [-0.3, -0.25) is 4.98 Å². The van der Waals surface area contributed by atoms with Gasteiger partial charge in [-0.05, 0) is 12.1 Å². The third-order valence-corrected chi connectivity index (χ3v) is 2.87. The van der Waals surface area contributed by atoms with Gasteiger partial charge >= 0.3 is 0 Å². The van der Waals surface area contributed by atoms with Gasteiger partial charge in [0.15, 0.2) is 18.9 Å². The van der Waals surface area contributed by atoms with Crippen molar-refractivity contribution in [2.24, 2.45) is 0 Å². The van der Waals surface area contributed by atoms with E-state index in [1.807, 2.05) is 30.5 Å². The van der Waals surface area contributed by atoms with Crippen LogP contribution < -0.4 is 28.5 Å². The van der Waals surface area contributed by atoms with Crippen LogP contribution in [0.25, 0.3) is 10.9 Å². The second-order valence-corrected chi connectivity index (χ2v) is 4.04. The summed E-state index contributed by atoms with van der Waals surface area (Å²) in [5, 5.41) is 1.23. The van der Waals surface area contributed by atoms with Gasteiger partial charge in [-0.2, -0.15) is 0 Å². The molecule has 1 aromatic carbocycles. The first-order valence-corrected chi connectivity index (χ1v) is 5.70. The Morgan fingerprint density at radius 1 is 0.889 bits per heavy atom. The molecule has 3 aromatic rings. The zero-order chi connectivity index (χ0) is 11.5. The Morgan fingerprint density at radius 2 is 1.67 bits per heavy atom. The molecule has 2 nitrogen and oxygen atoms in total. The number of hydrogen-bond donors (Lipinski definition) is 0. The van der Waals surface area contributed by atoms with Crippen molar-refractivity contribution in [3.8, 4) is 0 Å².